The van der Waals surface area contributed by atoms with Gasteiger partial charge in [-0.1, -0.05) is 53.5 Å². The molecule has 5 nitrogen and oxygen atoms in total. The Kier molecular flexibility index (Phi) is 6.16. The number of fused-ring (bicyclic) bond motifs is 1. The van der Waals surface area contributed by atoms with E-state index in [0.717, 1.165) is 27.6 Å². The molecule has 0 aliphatic carbocycles. The predicted octanol–water partition coefficient (Wildman–Crippen LogP) is 6.14. The van der Waals surface area contributed by atoms with Crippen molar-refractivity contribution in [3.63, 3.8) is 0 Å². The molecular formula is C24H21Cl2N3O2. The molecule has 0 spiro atoms. The fourth-order valence-corrected chi connectivity index (χ4v) is 3.87. The lowest BCUT2D eigenvalue weighted by Gasteiger charge is -2.15. The number of halogens is 2. The first-order valence-corrected chi connectivity index (χ1v) is 10.5. The van der Waals surface area contributed by atoms with Crippen molar-refractivity contribution in [3.8, 4) is 5.75 Å². The molecule has 7 heteroatoms. The lowest BCUT2D eigenvalue weighted by Crippen LogP contribution is -2.21. The number of anilines is 1. The van der Waals surface area contributed by atoms with Crippen LogP contribution in [0.3, 0.4) is 0 Å². The van der Waals surface area contributed by atoms with Crippen LogP contribution in [0.2, 0.25) is 10.0 Å². The number of hydrogen-bond acceptors (Lipinski definition) is 3. The van der Waals surface area contributed by atoms with E-state index in [1.54, 1.807) is 36.2 Å². The second-order valence-corrected chi connectivity index (χ2v) is 8.14. The number of ether oxygens (including phenoxy) is 1. The Bertz CT molecular complexity index is 1250. The van der Waals surface area contributed by atoms with Gasteiger partial charge in [0.15, 0.2) is 0 Å². The minimum absolute atomic E-state index is 0.114. The fraction of sp³-hybridized carbons (Fsp3) is 0.167. The Morgan fingerprint density at radius 2 is 1.84 bits per heavy atom. The van der Waals surface area contributed by atoms with E-state index in [9.17, 15) is 4.79 Å². The van der Waals surface area contributed by atoms with Crippen LogP contribution < -0.4 is 10.1 Å². The second-order valence-electron chi connectivity index (χ2n) is 7.29. The standard InChI is InChI=1S/C24H21Cl2N3O2/c1-15(16-3-4-18-12-21(31-2)8-6-17(18)11-16)24(30)28-23-9-10-27-29(23)14-19-5-7-20(25)13-22(19)26/h3-13,15H,14H2,1-2H3,(H,28,30)/t15-/m0/s1. The number of methoxy groups -OCH3 is 1. The van der Waals surface area contributed by atoms with Crippen molar-refractivity contribution >= 4 is 45.7 Å². The van der Waals surface area contributed by atoms with Crippen LogP contribution in [0.15, 0.2) is 66.9 Å². The van der Waals surface area contributed by atoms with Gasteiger partial charge >= 0.3 is 0 Å². The normalized spacial score (nSPS) is 12.0. The third-order valence-corrected chi connectivity index (χ3v) is 5.85. The summed E-state index contributed by atoms with van der Waals surface area (Å²) in [6, 6.07) is 19.0. The summed E-state index contributed by atoms with van der Waals surface area (Å²) >= 11 is 12.3. The third-order valence-electron chi connectivity index (χ3n) is 5.27. The first kappa shape index (κ1) is 21.2. The fourth-order valence-electron chi connectivity index (χ4n) is 3.40. The van der Waals surface area contributed by atoms with Gasteiger partial charge in [0.1, 0.15) is 11.6 Å². The maximum Gasteiger partial charge on any atom is 0.232 e. The maximum atomic E-state index is 12.9. The van der Waals surface area contributed by atoms with E-state index in [0.29, 0.717) is 22.4 Å². The summed E-state index contributed by atoms with van der Waals surface area (Å²) in [5, 5.41) is 10.5. The Morgan fingerprint density at radius 1 is 1.06 bits per heavy atom. The Hall–Kier alpha value is -3.02. The molecule has 31 heavy (non-hydrogen) atoms. The van der Waals surface area contributed by atoms with Gasteiger partial charge in [-0.25, -0.2) is 4.68 Å². The predicted molar refractivity (Wildman–Crippen MR) is 125 cm³/mol. The van der Waals surface area contributed by atoms with Crippen molar-refractivity contribution < 1.29 is 9.53 Å². The van der Waals surface area contributed by atoms with Gasteiger partial charge in [-0.3, -0.25) is 4.79 Å². The lowest BCUT2D eigenvalue weighted by atomic mass is 9.97. The van der Waals surface area contributed by atoms with Gasteiger partial charge in [-0.2, -0.15) is 5.10 Å². The first-order chi connectivity index (χ1) is 14.9. The molecule has 1 heterocycles. The van der Waals surface area contributed by atoms with Gasteiger partial charge in [-0.15, -0.1) is 0 Å². The zero-order valence-electron chi connectivity index (χ0n) is 17.1. The highest BCUT2D eigenvalue weighted by Gasteiger charge is 2.18. The number of aromatic nitrogens is 2. The summed E-state index contributed by atoms with van der Waals surface area (Å²) in [5.74, 6) is 0.958. The van der Waals surface area contributed by atoms with Crippen molar-refractivity contribution in [2.45, 2.75) is 19.4 Å². The van der Waals surface area contributed by atoms with Crippen LogP contribution in [0.25, 0.3) is 10.8 Å². The summed E-state index contributed by atoms with van der Waals surface area (Å²) in [5.41, 5.74) is 1.80. The summed E-state index contributed by atoms with van der Waals surface area (Å²) in [4.78, 5) is 12.9. The largest absolute Gasteiger partial charge is 0.497 e. The number of benzene rings is 3. The molecule has 1 N–H and O–H groups in total. The number of carbonyl (C=O) groups excluding carboxylic acids is 1. The van der Waals surface area contributed by atoms with Gasteiger partial charge < -0.3 is 10.1 Å². The van der Waals surface area contributed by atoms with Crippen LogP contribution in [0.4, 0.5) is 5.82 Å². The highest BCUT2D eigenvalue weighted by atomic mass is 35.5. The number of nitrogens with zero attached hydrogens (tertiary/aromatic N) is 2. The maximum absolute atomic E-state index is 12.9. The van der Waals surface area contributed by atoms with E-state index in [1.807, 2.05) is 49.4 Å². The molecule has 1 aromatic heterocycles. The molecule has 4 aromatic rings. The molecule has 0 bridgehead atoms. The number of hydrogen-bond donors (Lipinski definition) is 1. The smallest absolute Gasteiger partial charge is 0.232 e. The van der Waals surface area contributed by atoms with E-state index in [2.05, 4.69) is 10.4 Å². The van der Waals surface area contributed by atoms with Crippen molar-refractivity contribution in [3.05, 3.63) is 88.0 Å². The molecule has 0 fully saturated rings. The summed E-state index contributed by atoms with van der Waals surface area (Å²) in [7, 11) is 1.65. The van der Waals surface area contributed by atoms with Crippen LogP contribution in [-0.2, 0) is 11.3 Å². The first-order valence-electron chi connectivity index (χ1n) is 9.79. The SMILES string of the molecule is COc1ccc2cc([C@H](C)C(=O)Nc3ccnn3Cc3ccc(Cl)cc3Cl)ccc2c1. The monoisotopic (exact) mass is 453 g/mol. The van der Waals surface area contributed by atoms with Gasteiger partial charge in [-0.05, 0) is 53.1 Å². The van der Waals surface area contributed by atoms with Gasteiger partial charge in [0.05, 0.1) is 25.8 Å². The van der Waals surface area contributed by atoms with Crippen molar-refractivity contribution in [1.29, 1.82) is 0 Å². The molecule has 0 radical (unpaired) electrons. The zero-order valence-corrected chi connectivity index (χ0v) is 18.6. The molecule has 0 saturated carbocycles. The number of amides is 1. The van der Waals surface area contributed by atoms with Crippen LogP contribution in [-0.4, -0.2) is 22.8 Å². The Balaban J connectivity index is 1.51. The van der Waals surface area contributed by atoms with Crippen molar-refractivity contribution in [2.75, 3.05) is 12.4 Å². The molecule has 1 atom stereocenters. The van der Waals surface area contributed by atoms with Gasteiger partial charge in [0.25, 0.3) is 0 Å². The molecule has 1 amide bonds. The molecular weight excluding hydrogens is 433 g/mol. The average molecular weight is 454 g/mol. The van der Waals surface area contributed by atoms with E-state index in [1.165, 1.54) is 0 Å². The number of carbonyl (C=O) groups is 1. The Labute approximate surface area is 190 Å². The van der Waals surface area contributed by atoms with Crippen LogP contribution >= 0.6 is 23.2 Å². The lowest BCUT2D eigenvalue weighted by molar-refractivity contribution is -0.117. The molecule has 4 rings (SSSR count). The summed E-state index contributed by atoms with van der Waals surface area (Å²) in [6.45, 7) is 2.31. The van der Waals surface area contributed by atoms with Crippen LogP contribution in [0.5, 0.6) is 5.75 Å². The minimum Gasteiger partial charge on any atom is -0.497 e. The van der Waals surface area contributed by atoms with Crippen molar-refractivity contribution in [2.24, 2.45) is 0 Å². The number of nitrogens with one attached hydrogen (secondary N) is 1. The Morgan fingerprint density at radius 3 is 2.61 bits per heavy atom. The minimum atomic E-state index is -0.339. The zero-order chi connectivity index (χ0) is 22.0. The molecule has 3 aromatic carbocycles. The van der Waals surface area contributed by atoms with Crippen LogP contribution in [0, 0.1) is 0 Å². The second kappa shape index (κ2) is 9.00. The molecule has 158 valence electrons. The average Bonchev–Trinajstić information content (AvgIpc) is 3.20. The summed E-state index contributed by atoms with van der Waals surface area (Å²) < 4.78 is 6.98. The molecule has 0 unspecified atom stereocenters. The van der Waals surface area contributed by atoms with E-state index in [-0.39, 0.29) is 11.8 Å². The van der Waals surface area contributed by atoms with Gasteiger partial charge in [0, 0.05) is 16.1 Å². The van der Waals surface area contributed by atoms with Gasteiger partial charge in [0.2, 0.25) is 5.91 Å². The van der Waals surface area contributed by atoms with Crippen molar-refractivity contribution in [1.82, 2.24) is 9.78 Å². The van der Waals surface area contributed by atoms with E-state index >= 15 is 0 Å². The third kappa shape index (κ3) is 4.68. The molecule has 0 saturated heterocycles. The number of rotatable bonds is 6. The highest BCUT2D eigenvalue weighted by molar-refractivity contribution is 6.35. The molecule has 0 aliphatic heterocycles. The highest BCUT2D eigenvalue weighted by Crippen LogP contribution is 2.27. The van der Waals surface area contributed by atoms with Crippen LogP contribution in [0.1, 0.15) is 24.0 Å². The summed E-state index contributed by atoms with van der Waals surface area (Å²) in [6.07, 6.45) is 1.65. The quantitative estimate of drug-likeness (QED) is 0.381. The van der Waals surface area contributed by atoms with E-state index < -0.39 is 0 Å². The van der Waals surface area contributed by atoms with E-state index in [4.69, 9.17) is 27.9 Å². The topological polar surface area (TPSA) is 56.1 Å². The molecule has 0 aliphatic rings.